The number of nitrogens with one attached hydrogen (secondary N) is 2. The summed E-state index contributed by atoms with van der Waals surface area (Å²) >= 11 is 0. The molecule has 4 amide bonds. The number of piperazine rings is 1. The average molecular weight is 664 g/mol. The van der Waals surface area contributed by atoms with Crippen LogP contribution in [0.4, 0.5) is 4.79 Å². The van der Waals surface area contributed by atoms with Gasteiger partial charge >= 0.3 is 6.09 Å². The van der Waals surface area contributed by atoms with Crippen LogP contribution in [0.3, 0.4) is 0 Å². The molecule has 3 aliphatic heterocycles. The lowest BCUT2D eigenvalue weighted by Gasteiger charge is -2.44. The fourth-order valence-electron chi connectivity index (χ4n) is 7.00. The number of rotatable bonds is 10. The van der Waals surface area contributed by atoms with Gasteiger partial charge in [0.2, 0.25) is 11.8 Å². The zero-order valence-electron chi connectivity index (χ0n) is 28.6. The smallest absolute Gasteiger partial charge is 0.407 e. The van der Waals surface area contributed by atoms with Gasteiger partial charge in [0.1, 0.15) is 23.9 Å². The van der Waals surface area contributed by atoms with E-state index in [1.54, 1.807) is 29.2 Å². The molecule has 12 heteroatoms. The Hall–Kier alpha value is -4.16. The maximum Gasteiger partial charge on any atom is 0.407 e. The van der Waals surface area contributed by atoms with Crippen molar-refractivity contribution in [2.45, 2.75) is 83.8 Å². The molecule has 0 unspecified atom stereocenters. The summed E-state index contributed by atoms with van der Waals surface area (Å²) in [6, 6.07) is 13.2. The molecule has 3 heterocycles. The molecule has 2 aromatic rings. The van der Waals surface area contributed by atoms with Crippen molar-refractivity contribution in [2.24, 2.45) is 5.41 Å². The van der Waals surface area contributed by atoms with Crippen LogP contribution in [0.2, 0.25) is 0 Å². The molecule has 0 radical (unpaired) electrons. The summed E-state index contributed by atoms with van der Waals surface area (Å²) < 4.78 is 11.8. The molecule has 5 rings (SSSR count). The third kappa shape index (κ3) is 8.10. The third-order valence-electron chi connectivity index (χ3n) is 9.35. The molecule has 3 N–H and O–H groups in total. The van der Waals surface area contributed by atoms with Gasteiger partial charge in [0.05, 0.1) is 18.8 Å². The van der Waals surface area contributed by atoms with Gasteiger partial charge in [-0.15, -0.1) is 0 Å². The number of ether oxygens (including phenoxy) is 2. The van der Waals surface area contributed by atoms with E-state index >= 15 is 0 Å². The summed E-state index contributed by atoms with van der Waals surface area (Å²) in [5.41, 5.74) is 1.04. The van der Waals surface area contributed by atoms with Crippen molar-refractivity contribution in [1.82, 2.24) is 25.3 Å². The average Bonchev–Trinajstić information content (AvgIpc) is 3.46. The second-order valence-electron chi connectivity index (χ2n) is 14.2. The van der Waals surface area contributed by atoms with Gasteiger partial charge in [-0.1, -0.05) is 69.3 Å². The largest absolute Gasteiger partial charge is 0.493 e. The van der Waals surface area contributed by atoms with Gasteiger partial charge in [-0.2, -0.15) is 0 Å². The first-order valence-corrected chi connectivity index (χ1v) is 16.9. The molecule has 12 nitrogen and oxygen atoms in total. The highest BCUT2D eigenvalue weighted by molar-refractivity contribution is 5.94. The second kappa shape index (κ2) is 14.9. The summed E-state index contributed by atoms with van der Waals surface area (Å²) in [6.45, 7) is 11.6. The number of hydrogen-bond acceptors (Lipinski definition) is 7. The van der Waals surface area contributed by atoms with E-state index in [0.29, 0.717) is 38.3 Å². The standard InChI is InChI=1S/C36H49N5O7/c1-6-47-26-18-25-19-40(29(21-39(25)20-26)33(43)37-28-16-17-48-30-15-11-10-14-27(28)30)34(44)31(24-12-8-7-9-13-24)38-32(42)23(2)41(35(45)46)22-36(3,4)5/h7-15,23,25-26,28-29,31H,6,16-22H2,1-5H3,(H,37,43)(H,38,42)(H,45,46)/t23-,25+,26+,28+,29-,31-/m0/s1. The molecule has 2 aromatic carbocycles. The number of carbonyl (C=O) groups is 4. The summed E-state index contributed by atoms with van der Waals surface area (Å²) in [6.07, 6.45) is 0.0930. The number of amides is 4. The number of carbonyl (C=O) groups excluding carboxylic acids is 3. The Morgan fingerprint density at radius 1 is 1.04 bits per heavy atom. The van der Waals surface area contributed by atoms with Gasteiger partial charge in [0, 0.05) is 50.8 Å². The molecule has 2 saturated heterocycles. The SMILES string of the molecule is CCO[C@@H]1C[C@@H]2CN(C(=O)[C@@H](NC(=O)[C@H](C)N(CC(C)(C)C)C(=O)O)c3ccccc3)[C@H](C(=O)N[C@@H]3CCOc4ccccc43)CN2C1. The van der Waals surface area contributed by atoms with E-state index in [-0.39, 0.29) is 37.2 Å². The molecule has 260 valence electrons. The van der Waals surface area contributed by atoms with Gasteiger partial charge in [-0.25, -0.2) is 4.79 Å². The molecule has 6 atom stereocenters. The van der Waals surface area contributed by atoms with Crippen LogP contribution in [0.15, 0.2) is 54.6 Å². The van der Waals surface area contributed by atoms with E-state index < -0.39 is 41.4 Å². The Labute approximate surface area is 282 Å². The van der Waals surface area contributed by atoms with Gasteiger partial charge in [-0.05, 0) is 37.3 Å². The van der Waals surface area contributed by atoms with E-state index in [0.717, 1.165) is 22.6 Å². The molecule has 0 saturated carbocycles. The zero-order chi connectivity index (χ0) is 34.6. The predicted molar refractivity (Wildman–Crippen MR) is 179 cm³/mol. The molecule has 3 aliphatic rings. The lowest BCUT2D eigenvalue weighted by molar-refractivity contribution is -0.148. The van der Waals surface area contributed by atoms with Crippen molar-refractivity contribution in [1.29, 1.82) is 0 Å². The summed E-state index contributed by atoms with van der Waals surface area (Å²) in [4.78, 5) is 59.8. The minimum absolute atomic E-state index is 0.00331. The molecule has 0 bridgehead atoms. The van der Waals surface area contributed by atoms with Crippen molar-refractivity contribution in [3.8, 4) is 5.75 Å². The fraction of sp³-hybridized carbons (Fsp3) is 0.556. The van der Waals surface area contributed by atoms with E-state index in [2.05, 4.69) is 15.5 Å². The first-order valence-electron chi connectivity index (χ1n) is 16.9. The Balaban J connectivity index is 1.43. The number of hydrogen-bond donors (Lipinski definition) is 3. The number of para-hydroxylation sites is 1. The quantitative estimate of drug-likeness (QED) is 0.351. The topological polar surface area (TPSA) is 141 Å². The fourth-order valence-corrected chi connectivity index (χ4v) is 7.00. The van der Waals surface area contributed by atoms with Crippen molar-refractivity contribution in [3.63, 3.8) is 0 Å². The lowest BCUT2D eigenvalue weighted by Crippen LogP contribution is -2.64. The molecule has 0 spiro atoms. The van der Waals surface area contributed by atoms with Crippen molar-refractivity contribution < 1.29 is 33.8 Å². The monoisotopic (exact) mass is 663 g/mol. The van der Waals surface area contributed by atoms with E-state index in [1.165, 1.54) is 6.92 Å². The van der Waals surface area contributed by atoms with Gasteiger partial charge < -0.3 is 30.1 Å². The Bertz CT molecular complexity index is 1460. The van der Waals surface area contributed by atoms with Crippen LogP contribution < -0.4 is 15.4 Å². The highest BCUT2D eigenvalue weighted by atomic mass is 16.5. The first-order chi connectivity index (χ1) is 22.9. The van der Waals surface area contributed by atoms with Crippen molar-refractivity contribution >= 4 is 23.8 Å². The van der Waals surface area contributed by atoms with Crippen LogP contribution in [0.1, 0.15) is 70.7 Å². The Kier molecular flexibility index (Phi) is 10.9. The number of benzene rings is 2. The third-order valence-corrected chi connectivity index (χ3v) is 9.35. The second-order valence-corrected chi connectivity index (χ2v) is 14.2. The molecule has 0 aromatic heterocycles. The molecule has 0 aliphatic carbocycles. The van der Waals surface area contributed by atoms with Gasteiger partial charge in [-0.3, -0.25) is 24.2 Å². The van der Waals surface area contributed by atoms with Crippen LogP contribution >= 0.6 is 0 Å². The Morgan fingerprint density at radius 3 is 2.44 bits per heavy atom. The number of fused-ring (bicyclic) bond motifs is 2. The highest BCUT2D eigenvalue weighted by Crippen LogP contribution is 2.33. The lowest BCUT2D eigenvalue weighted by atomic mass is 9.95. The molecule has 2 fully saturated rings. The zero-order valence-corrected chi connectivity index (χ0v) is 28.6. The molecular weight excluding hydrogens is 614 g/mol. The van der Waals surface area contributed by atoms with E-state index in [1.807, 2.05) is 58.0 Å². The normalized spacial score (nSPS) is 23.6. The number of nitrogens with zero attached hydrogens (tertiary/aromatic N) is 3. The van der Waals surface area contributed by atoms with Crippen LogP contribution in [-0.4, -0.2) is 107 Å². The highest BCUT2D eigenvalue weighted by Gasteiger charge is 2.47. The number of carboxylic acid groups (broad SMARTS) is 1. The summed E-state index contributed by atoms with van der Waals surface area (Å²) in [5, 5.41) is 16.0. The van der Waals surface area contributed by atoms with Crippen LogP contribution in [-0.2, 0) is 19.1 Å². The molecular formula is C36H49N5O7. The maximum absolute atomic E-state index is 14.7. The molecule has 48 heavy (non-hydrogen) atoms. The predicted octanol–water partition coefficient (Wildman–Crippen LogP) is 3.59. The van der Waals surface area contributed by atoms with E-state index in [4.69, 9.17) is 9.47 Å². The Morgan fingerprint density at radius 2 is 1.75 bits per heavy atom. The van der Waals surface area contributed by atoms with Gasteiger partial charge in [0.25, 0.3) is 5.91 Å². The van der Waals surface area contributed by atoms with Crippen LogP contribution in [0.5, 0.6) is 5.75 Å². The van der Waals surface area contributed by atoms with Crippen molar-refractivity contribution in [3.05, 3.63) is 65.7 Å². The minimum atomic E-state index is -1.22. The van der Waals surface area contributed by atoms with Crippen LogP contribution in [0, 0.1) is 5.41 Å². The van der Waals surface area contributed by atoms with Crippen molar-refractivity contribution in [2.75, 3.05) is 39.4 Å². The van der Waals surface area contributed by atoms with Crippen LogP contribution in [0.25, 0.3) is 0 Å². The maximum atomic E-state index is 14.7. The van der Waals surface area contributed by atoms with E-state index in [9.17, 15) is 24.3 Å². The summed E-state index contributed by atoms with van der Waals surface area (Å²) in [5.74, 6) is -0.573. The van der Waals surface area contributed by atoms with Gasteiger partial charge in [0.15, 0.2) is 0 Å². The minimum Gasteiger partial charge on any atom is -0.493 e. The first kappa shape index (κ1) is 35.2. The summed E-state index contributed by atoms with van der Waals surface area (Å²) in [7, 11) is 0.